The lowest BCUT2D eigenvalue weighted by Crippen LogP contribution is -2.33. The van der Waals surface area contributed by atoms with Crippen LogP contribution in [0.15, 0.2) is 36.4 Å². The molecule has 6 heteroatoms. The van der Waals surface area contributed by atoms with E-state index >= 15 is 0 Å². The largest absolute Gasteiger partial charge is 0.505 e. The highest BCUT2D eigenvalue weighted by Gasteiger charge is 2.36. The smallest absolute Gasteiger partial charge is 0.313 e. The fourth-order valence-corrected chi connectivity index (χ4v) is 3.04. The minimum Gasteiger partial charge on any atom is -0.505 e. The van der Waals surface area contributed by atoms with Gasteiger partial charge in [0.1, 0.15) is 11.4 Å². The molecule has 144 valence electrons. The first-order valence-corrected chi connectivity index (χ1v) is 9.11. The maximum absolute atomic E-state index is 11.9. The first-order chi connectivity index (χ1) is 12.6. The van der Waals surface area contributed by atoms with Crippen molar-refractivity contribution in [2.45, 2.75) is 51.9 Å². The second-order valence-electron chi connectivity index (χ2n) is 8.16. The lowest BCUT2D eigenvalue weighted by molar-refractivity contribution is -0.142. The van der Waals surface area contributed by atoms with Gasteiger partial charge in [-0.1, -0.05) is 39.0 Å². The molecule has 0 fully saturated rings. The van der Waals surface area contributed by atoms with Gasteiger partial charge < -0.3 is 10.2 Å². The molecule has 1 heterocycles. The number of phenols is 1. The average molecular weight is 369 g/mol. The number of nitrogens with zero attached hydrogens (tertiary/aromatic N) is 1. The number of aliphatic carboxylic acids is 1. The van der Waals surface area contributed by atoms with Crippen molar-refractivity contribution in [3.05, 3.63) is 47.5 Å². The zero-order valence-corrected chi connectivity index (χ0v) is 16.4. The number of hydrogen-bond donors (Lipinski definition) is 4. The third kappa shape index (κ3) is 3.16. The summed E-state index contributed by atoms with van der Waals surface area (Å²) in [7, 11) is 0. The van der Waals surface area contributed by atoms with Gasteiger partial charge in [-0.05, 0) is 49.4 Å². The Hall–Kier alpha value is -2.89. The van der Waals surface area contributed by atoms with Crippen molar-refractivity contribution >= 4 is 23.0 Å². The number of aromatic hydroxyl groups is 1. The molecule has 1 aliphatic heterocycles. The molecule has 2 aromatic carbocycles. The quantitative estimate of drug-likeness (QED) is 0.616. The van der Waals surface area contributed by atoms with E-state index in [0.29, 0.717) is 11.3 Å². The predicted molar refractivity (Wildman–Crippen MR) is 108 cm³/mol. The van der Waals surface area contributed by atoms with E-state index in [1.54, 1.807) is 19.0 Å². The van der Waals surface area contributed by atoms with Gasteiger partial charge in [-0.25, -0.2) is 0 Å². The predicted octanol–water partition coefficient (Wildman–Crippen LogP) is 4.62. The second kappa shape index (κ2) is 6.37. The number of anilines is 3. The van der Waals surface area contributed by atoms with Crippen LogP contribution in [0.1, 0.15) is 52.2 Å². The van der Waals surface area contributed by atoms with Gasteiger partial charge in [0.25, 0.3) is 0 Å². The molecule has 0 unspecified atom stereocenters. The summed E-state index contributed by atoms with van der Waals surface area (Å²) >= 11 is 0. The lowest BCUT2D eigenvalue weighted by Gasteiger charge is -2.31. The molecular formula is C21H27N3O3. The maximum atomic E-state index is 11.9. The second-order valence-corrected chi connectivity index (χ2v) is 8.16. The number of para-hydroxylation sites is 2. The third-order valence-electron chi connectivity index (χ3n) is 5.60. The number of benzene rings is 2. The number of carbonyl (C=O) groups is 1. The molecule has 0 saturated carbocycles. The zero-order chi connectivity index (χ0) is 20.0. The molecule has 0 spiro atoms. The standard InChI is InChI=1S/C21H27N3O3/c1-6-20(2,3)13-11-14(21(4,5)19(26)27)18(25)17(12-13)24-22-15-9-7-8-10-16(15)23-24/h7-12,22-23,25H,6H2,1-5H3,(H,26,27). The molecule has 0 amide bonds. The van der Waals surface area contributed by atoms with E-state index < -0.39 is 11.4 Å². The molecule has 0 radical (unpaired) electrons. The van der Waals surface area contributed by atoms with Crippen LogP contribution >= 0.6 is 0 Å². The highest BCUT2D eigenvalue weighted by atomic mass is 16.4. The van der Waals surface area contributed by atoms with Crippen LogP contribution < -0.4 is 16.0 Å². The van der Waals surface area contributed by atoms with Crippen molar-refractivity contribution < 1.29 is 15.0 Å². The average Bonchev–Trinajstić information content (AvgIpc) is 3.05. The lowest BCUT2D eigenvalue weighted by atomic mass is 9.77. The number of hydrazine groups is 2. The third-order valence-corrected chi connectivity index (χ3v) is 5.60. The van der Waals surface area contributed by atoms with Crippen molar-refractivity contribution in [2.24, 2.45) is 0 Å². The SMILES string of the molecule is CCC(C)(C)c1cc(N2Nc3ccccc3N2)c(O)c(C(C)(C)C(=O)O)c1. The normalized spacial score (nSPS) is 13.7. The first kappa shape index (κ1) is 18.9. The summed E-state index contributed by atoms with van der Waals surface area (Å²) in [4.78, 5) is 11.9. The van der Waals surface area contributed by atoms with Gasteiger partial charge in [0.2, 0.25) is 0 Å². The Kier molecular flexibility index (Phi) is 4.46. The number of phenolic OH excluding ortho intramolecular Hbond substituents is 1. The summed E-state index contributed by atoms with van der Waals surface area (Å²) < 4.78 is 0. The molecule has 4 N–H and O–H groups in total. The Bertz CT molecular complexity index is 865. The molecule has 0 saturated heterocycles. The van der Waals surface area contributed by atoms with Crippen molar-refractivity contribution in [2.75, 3.05) is 16.0 Å². The Morgan fingerprint density at radius 1 is 1.07 bits per heavy atom. The fraction of sp³-hybridized carbons (Fsp3) is 0.381. The van der Waals surface area contributed by atoms with Gasteiger partial charge in [-0.3, -0.25) is 15.6 Å². The topological polar surface area (TPSA) is 84.8 Å². The van der Waals surface area contributed by atoms with Gasteiger partial charge in [-0.15, -0.1) is 0 Å². The van der Waals surface area contributed by atoms with Crippen molar-refractivity contribution in [3.8, 4) is 5.75 Å². The van der Waals surface area contributed by atoms with Gasteiger partial charge in [0.15, 0.2) is 0 Å². The maximum Gasteiger partial charge on any atom is 0.313 e. The summed E-state index contributed by atoms with van der Waals surface area (Å²) in [6, 6.07) is 11.4. The van der Waals surface area contributed by atoms with Crippen LogP contribution in [0.4, 0.5) is 17.1 Å². The van der Waals surface area contributed by atoms with Crippen LogP contribution in [-0.4, -0.2) is 16.2 Å². The van der Waals surface area contributed by atoms with Crippen LogP contribution in [-0.2, 0) is 15.6 Å². The molecule has 1 aliphatic rings. The molecule has 0 bridgehead atoms. The molecular weight excluding hydrogens is 342 g/mol. The Balaban J connectivity index is 2.16. The first-order valence-electron chi connectivity index (χ1n) is 9.11. The number of carboxylic acids is 1. The van der Waals surface area contributed by atoms with E-state index in [1.807, 2.05) is 36.4 Å². The van der Waals surface area contributed by atoms with Gasteiger partial charge in [0.05, 0.1) is 16.8 Å². The summed E-state index contributed by atoms with van der Waals surface area (Å²) in [6.07, 6.45) is 0.880. The Morgan fingerprint density at radius 2 is 1.63 bits per heavy atom. The summed E-state index contributed by atoms with van der Waals surface area (Å²) in [5.74, 6) is -1.04. The highest BCUT2D eigenvalue weighted by molar-refractivity contribution is 5.85. The van der Waals surface area contributed by atoms with Crippen molar-refractivity contribution in [3.63, 3.8) is 0 Å². The molecule has 3 rings (SSSR count). The molecule has 6 nitrogen and oxygen atoms in total. The van der Waals surface area contributed by atoms with E-state index in [2.05, 4.69) is 31.6 Å². The minimum atomic E-state index is -1.23. The zero-order valence-electron chi connectivity index (χ0n) is 16.4. The van der Waals surface area contributed by atoms with Crippen LogP contribution in [0.25, 0.3) is 0 Å². The van der Waals surface area contributed by atoms with Crippen molar-refractivity contribution in [1.29, 1.82) is 0 Å². The Morgan fingerprint density at radius 3 is 2.11 bits per heavy atom. The van der Waals surface area contributed by atoms with Gasteiger partial charge in [0, 0.05) is 5.56 Å². The number of carboxylic acid groups (broad SMARTS) is 1. The highest BCUT2D eigenvalue weighted by Crippen LogP contribution is 2.44. The molecule has 27 heavy (non-hydrogen) atoms. The summed E-state index contributed by atoms with van der Waals surface area (Å²) in [5, 5.41) is 22.3. The summed E-state index contributed by atoms with van der Waals surface area (Å²) in [5.41, 5.74) is 8.65. The number of fused-ring (bicyclic) bond motifs is 1. The van der Waals surface area contributed by atoms with E-state index in [1.165, 1.54) is 0 Å². The summed E-state index contributed by atoms with van der Waals surface area (Å²) in [6.45, 7) is 9.53. The van der Waals surface area contributed by atoms with E-state index in [0.717, 1.165) is 23.4 Å². The molecule has 0 atom stereocenters. The van der Waals surface area contributed by atoms with Gasteiger partial charge in [-0.2, -0.15) is 5.12 Å². The Labute approximate surface area is 159 Å². The van der Waals surface area contributed by atoms with Crippen LogP contribution in [0.3, 0.4) is 0 Å². The number of rotatable bonds is 5. The fourth-order valence-electron chi connectivity index (χ4n) is 3.04. The minimum absolute atomic E-state index is 0.0501. The molecule has 0 aromatic heterocycles. The van der Waals surface area contributed by atoms with Crippen LogP contribution in [0.2, 0.25) is 0 Å². The molecule has 2 aromatic rings. The van der Waals surface area contributed by atoms with E-state index in [-0.39, 0.29) is 11.2 Å². The molecule has 0 aliphatic carbocycles. The van der Waals surface area contributed by atoms with Crippen molar-refractivity contribution in [1.82, 2.24) is 0 Å². The monoisotopic (exact) mass is 369 g/mol. The van der Waals surface area contributed by atoms with Crippen LogP contribution in [0, 0.1) is 0 Å². The number of hydrogen-bond acceptors (Lipinski definition) is 5. The van der Waals surface area contributed by atoms with Crippen LogP contribution in [0.5, 0.6) is 5.75 Å². The van der Waals surface area contributed by atoms with E-state index in [9.17, 15) is 15.0 Å². The van der Waals surface area contributed by atoms with E-state index in [4.69, 9.17) is 0 Å². The van der Waals surface area contributed by atoms with Gasteiger partial charge >= 0.3 is 5.97 Å². The number of nitrogens with one attached hydrogen (secondary N) is 2.